The van der Waals surface area contributed by atoms with Gasteiger partial charge in [-0.3, -0.25) is 4.79 Å². The van der Waals surface area contributed by atoms with Crippen LogP contribution in [0.3, 0.4) is 0 Å². The monoisotopic (exact) mass is 427 g/mol. The van der Waals surface area contributed by atoms with Crippen LogP contribution < -0.4 is 4.74 Å². The van der Waals surface area contributed by atoms with Gasteiger partial charge in [0.15, 0.2) is 6.61 Å². The quantitative estimate of drug-likeness (QED) is 0.434. The van der Waals surface area contributed by atoms with Gasteiger partial charge in [-0.05, 0) is 67.1 Å². The van der Waals surface area contributed by atoms with Crippen molar-refractivity contribution in [2.24, 2.45) is 0 Å². The summed E-state index contributed by atoms with van der Waals surface area (Å²) < 4.78 is 11.6. The van der Waals surface area contributed by atoms with Gasteiger partial charge in [0, 0.05) is 14.8 Å². The molecule has 0 radical (unpaired) electrons. The highest BCUT2D eigenvalue weighted by molar-refractivity contribution is 14.1. The van der Waals surface area contributed by atoms with E-state index >= 15 is 0 Å². The zero-order valence-corrected chi connectivity index (χ0v) is 15.4. The SMILES string of the molecule is CCOC(=O)c1[nH]c(C)c(C(=O)COc2cccc(I)c2)c1C. The van der Waals surface area contributed by atoms with Gasteiger partial charge in [0.1, 0.15) is 11.4 Å². The van der Waals surface area contributed by atoms with Crippen LogP contribution in [0.25, 0.3) is 0 Å². The second-order valence-corrected chi connectivity index (χ2v) is 6.26. The zero-order chi connectivity index (χ0) is 17.0. The smallest absolute Gasteiger partial charge is 0.355 e. The van der Waals surface area contributed by atoms with Crippen LogP contribution in [0.4, 0.5) is 0 Å². The third-order valence-corrected chi connectivity index (χ3v) is 4.03. The summed E-state index contributed by atoms with van der Waals surface area (Å²) in [7, 11) is 0. The van der Waals surface area contributed by atoms with Crippen LogP contribution >= 0.6 is 22.6 Å². The minimum atomic E-state index is -0.453. The van der Waals surface area contributed by atoms with E-state index in [0.717, 1.165) is 3.57 Å². The number of esters is 1. The number of hydrogen-bond acceptors (Lipinski definition) is 4. The van der Waals surface area contributed by atoms with Crippen molar-refractivity contribution in [3.8, 4) is 5.75 Å². The van der Waals surface area contributed by atoms with E-state index in [1.807, 2.05) is 18.2 Å². The first-order valence-corrected chi connectivity index (χ1v) is 8.29. The molecule has 0 bridgehead atoms. The molecule has 0 spiro atoms. The lowest BCUT2D eigenvalue weighted by Crippen LogP contribution is -2.13. The first-order chi connectivity index (χ1) is 10.9. The summed E-state index contributed by atoms with van der Waals surface area (Å²) >= 11 is 2.18. The molecule has 1 N–H and O–H groups in total. The van der Waals surface area contributed by atoms with Crippen molar-refractivity contribution in [3.05, 3.63) is 50.4 Å². The van der Waals surface area contributed by atoms with E-state index in [2.05, 4.69) is 27.6 Å². The van der Waals surface area contributed by atoms with Gasteiger partial charge in [0.25, 0.3) is 0 Å². The Kier molecular flexibility index (Phi) is 5.81. The van der Waals surface area contributed by atoms with Crippen LogP contribution in [0.1, 0.15) is 39.0 Å². The number of Topliss-reactive ketones (excluding diaryl/α,β-unsaturated/α-hetero) is 1. The fourth-order valence-electron chi connectivity index (χ4n) is 2.35. The maximum Gasteiger partial charge on any atom is 0.355 e. The van der Waals surface area contributed by atoms with Crippen LogP contribution in [-0.2, 0) is 4.74 Å². The van der Waals surface area contributed by atoms with Gasteiger partial charge in [-0.1, -0.05) is 6.07 Å². The van der Waals surface area contributed by atoms with Gasteiger partial charge in [0.2, 0.25) is 5.78 Å². The minimum absolute atomic E-state index is 0.0815. The van der Waals surface area contributed by atoms with Gasteiger partial charge < -0.3 is 14.5 Å². The molecule has 5 nitrogen and oxygen atoms in total. The fraction of sp³-hybridized carbons (Fsp3) is 0.294. The third kappa shape index (κ3) is 4.13. The molecule has 6 heteroatoms. The summed E-state index contributed by atoms with van der Waals surface area (Å²) in [5.41, 5.74) is 2.04. The number of carbonyl (C=O) groups is 2. The largest absolute Gasteiger partial charge is 0.485 e. The standard InChI is InChI=1S/C17H18INO4/c1-4-22-17(21)16-10(2)15(11(3)19-16)14(20)9-23-13-7-5-6-12(18)8-13/h5-8,19H,4,9H2,1-3H3. The molecule has 0 unspecified atom stereocenters. The fourth-order valence-corrected chi connectivity index (χ4v) is 2.87. The van der Waals surface area contributed by atoms with Gasteiger partial charge in [-0.15, -0.1) is 0 Å². The van der Waals surface area contributed by atoms with E-state index in [1.54, 1.807) is 26.8 Å². The predicted molar refractivity (Wildman–Crippen MR) is 95.2 cm³/mol. The summed E-state index contributed by atoms with van der Waals surface area (Å²) in [5.74, 6) is 0.0121. The van der Waals surface area contributed by atoms with Crippen LogP contribution in [0.2, 0.25) is 0 Å². The van der Waals surface area contributed by atoms with Crippen molar-refractivity contribution >= 4 is 34.3 Å². The van der Waals surface area contributed by atoms with E-state index in [1.165, 1.54) is 0 Å². The zero-order valence-electron chi connectivity index (χ0n) is 13.2. The van der Waals surface area contributed by atoms with Crippen LogP contribution in [-0.4, -0.2) is 30.0 Å². The highest BCUT2D eigenvalue weighted by atomic mass is 127. The maximum absolute atomic E-state index is 12.4. The van der Waals surface area contributed by atoms with E-state index in [4.69, 9.17) is 9.47 Å². The number of nitrogens with one attached hydrogen (secondary N) is 1. The van der Waals surface area contributed by atoms with Gasteiger partial charge >= 0.3 is 5.97 Å². The lowest BCUT2D eigenvalue weighted by atomic mass is 10.1. The maximum atomic E-state index is 12.4. The van der Waals surface area contributed by atoms with Crippen molar-refractivity contribution in [3.63, 3.8) is 0 Å². The number of H-pyrrole nitrogens is 1. The lowest BCUT2D eigenvalue weighted by molar-refractivity contribution is 0.0519. The van der Waals surface area contributed by atoms with Gasteiger partial charge in [0.05, 0.1) is 6.61 Å². The normalized spacial score (nSPS) is 10.4. The molecule has 1 aromatic carbocycles. The number of halogens is 1. The van der Waals surface area contributed by atoms with E-state index in [9.17, 15) is 9.59 Å². The Morgan fingerprint density at radius 2 is 2.00 bits per heavy atom. The molecular formula is C17H18INO4. The van der Waals surface area contributed by atoms with Crippen molar-refractivity contribution in [2.45, 2.75) is 20.8 Å². The van der Waals surface area contributed by atoms with Crippen LogP contribution in [0.5, 0.6) is 5.75 Å². The number of aromatic amines is 1. The minimum Gasteiger partial charge on any atom is -0.485 e. The molecule has 0 aliphatic carbocycles. The summed E-state index contributed by atoms with van der Waals surface area (Å²) in [5, 5.41) is 0. The summed E-state index contributed by atoms with van der Waals surface area (Å²) in [6.07, 6.45) is 0. The average Bonchev–Trinajstić information content (AvgIpc) is 2.80. The Morgan fingerprint density at radius 1 is 1.26 bits per heavy atom. The number of hydrogen-bond donors (Lipinski definition) is 1. The van der Waals surface area contributed by atoms with E-state index in [0.29, 0.717) is 28.3 Å². The number of ketones is 1. The molecule has 1 aromatic heterocycles. The topological polar surface area (TPSA) is 68.4 Å². The Bertz CT molecular complexity index is 736. The lowest BCUT2D eigenvalue weighted by Gasteiger charge is -2.06. The van der Waals surface area contributed by atoms with Gasteiger partial charge in [-0.25, -0.2) is 4.79 Å². The highest BCUT2D eigenvalue weighted by Gasteiger charge is 2.22. The van der Waals surface area contributed by atoms with E-state index < -0.39 is 5.97 Å². The van der Waals surface area contributed by atoms with Crippen molar-refractivity contribution in [2.75, 3.05) is 13.2 Å². The number of benzene rings is 1. The molecule has 0 saturated carbocycles. The summed E-state index contributed by atoms with van der Waals surface area (Å²) in [6.45, 7) is 5.43. The number of carbonyl (C=O) groups excluding carboxylic acids is 2. The van der Waals surface area contributed by atoms with E-state index in [-0.39, 0.29) is 19.0 Å². The van der Waals surface area contributed by atoms with Gasteiger partial charge in [-0.2, -0.15) is 0 Å². The third-order valence-electron chi connectivity index (χ3n) is 3.36. The predicted octanol–water partition coefficient (Wildman–Crippen LogP) is 3.67. The second-order valence-electron chi connectivity index (χ2n) is 5.01. The first-order valence-electron chi connectivity index (χ1n) is 7.21. The Balaban J connectivity index is 2.15. The molecule has 0 fully saturated rings. The number of rotatable bonds is 6. The molecular weight excluding hydrogens is 409 g/mol. The summed E-state index contributed by atoms with van der Waals surface area (Å²) in [6, 6.07) is 7.47. The molecule has 23 heavy (non-hydrogen) atoms. The molecule has 0 aliphatic rings. The molecule has 0 aliphatic heterocycles. The molecule has 1 heterocycles. The van der Waals surface area contributed by atoms with Crippen molar-refractivity contribution in [1.29, 1.82) is 0 Å². The van der Waals surface area contributed by atoms with Crippen molar-refractivity contribution in [1.82, 2.24) is 4.98 Å². The van der Waals surface area contributed by atoms with Crippen LogP contribution in [0.15, 0.2) is 24.3 Å². The number of aromatic nitrogens is 1. The first kappa shape index (κ1) is 17.5. The number of aryl methyl sites for hydroxylation is 1. The highest BCUT2D eigenvalue weighted by Crippen LogP contribution is 2.20. The molecule has 2 rings (SSSR count). The molecule has 0 atom stereocenters. The molecule has 122 valence electrons. The van der Waals surface area contributed by atoms with Crippen LogP contribution in [0, 0.1) is 17.4 Å². The Morgan fingerprint density at radius 3 is 2.65 bits per heavy atom. The summed E-state index contributed by atoms with van der Waals surface area (Å²) in [4.78, 5) is 27.2. The molecule has 0 amide bonds. The molecule has 0 saturated heterocycles. The Labute approximate surface area is 148 Å². The van der Waals surface area contributed by atoms with Crippen molar-refractivity contribution < 1.29 is 19.1 Å². The molecule has 2 aromatic rings. The average molecular weight is 427 g/mol. The number of ether oxygens (including phenoxy) is 2. The second kappa shape index (κ2) is 7.63. The Hall–Kier alpha value is -1.83.